The quantitative estimate of drug-likeness (QED) is 0.498. The van der Waals surface area contributed by atoms with Crippen LogP contribution < -0.4 is 15.8 Å². The number of rotatable bonds is 7. The number of hydrogen-bond donors (Lipinski definition) is 4. The van der Waals surface area contributed by atoms with Gasteiger partial charge in [-0.3, -0.25) is 0 Å². The Morgan fingerprint density at radius 3 is 2.57 bits per heavy atom. The predicted octanol–water partition coefficient (Wildman–Crippen LogP) is -0.372. The van der Waals surface area contributed by atoms with Crippen LogP contribution in [0.1, 0.15) is 26.8 Å². The molecular weight excluding hydrogens is 320 g/mol. The van der Waals surface area contributed by atoms with Crippen molar-refractivity contribution in [2.24, 2.45) is 5.14 Å². The van der Waals surface area contributed by atoms with Gasteiger partial charge in [0.15, 0.2) is 0 Å². The lowest BCUT2D eigenvalue weighted by Crippen LogP contribution is -2.36. The number of carbonyl (C=O) groups is 2. The van der Waals surface area contributed by atoms with E-state index in [4.69, 9.17) is 10.2 Å². The van der Waals surface area contributed by atoms with E-state index in [0.717, 1.165) is 11.3 Å². The monoisotopic (exact) mass is 336 g/mol. The third kappa shape index (κ3) is 6.51. The molecule has 0 aliphatic carbocycles. The zero-order chi connectivity index (χ0) is 16.0. The molecule has 0 radical (unpaired) electrons. The lowest BCUT2D eigenvalue weighted by Gasteiger charge is -2.05. The minimum atomic E-state index is -3.52. The number of carboxylic acid groups (broad SMARTS) is 1. The van der Waals surface area contributed by atoms with Crippen LogP contribution in [0.25, 0.3) is 0 Å². The highest BCUT2D eigenvalue weighted by atomic mass is 32.2. The third-order valence-corrected chi connectivity index (χ3v) is 4.33. The molecule has 118 valence electrons. The van der Waals surface area contributed by atoms with Crippen LogP contribution in [0.15, 0.2) is 0 Å². The third-order valence-electron chi connectivity index (χ3n) is 2.33. The Morgan fingerprint density at radius 2 is 2.05 bits per heavy atom. The maximum absolute atomic E-state index is 11.4. The first-order valence-corrected chi connectivity index (χ1v) is 8.44. The molecule has 9 nitrogen and oxygen atoms in total. The maximum Gasteiger partial charge on any atom is 0.347 e. The molecule has 1 rings (SSSR count). The molecule has 1 heterocycles. The van der Waals surface area contributed by atoms with Crippen molar-refractivity contribution in [2.75, 3.05) is 12.3 Å². The van der Waals surface area contributed by atoms with Gasteiger partial charge < -0.3 is 15.7 Å². The molecule has 0 spiro atoms. The molecule has 0 aliphatic heterocycles. The van der Waals surface area contributed by atoms with Gasteiger partial charge in [0.2, 0.25) is 10.0 Å². The summed E-state index contributed by atoms with van der Waals surface area (Å²) < 4.78 is 21.3. The number of amides is 2. The van der Waals surface area contributed by atoms with E-state index < -0.39 is 22.0 Å². The minimum Gasteiger partial charge on any atom is -0.477 e. The largest absolute Gasteiger partial charge is 0.477 e. The van der Waals surface area contributed by atoms with Gasteiger partial charge >= 0.3 is 12.0 Å². The summed E-state index contributed by atoms with van der Waals surface area (Å²) in [4.78, 5) is 26.4. The van der Waals surface area contributed by atoms with Gasteiger partial charge in [0.1, 0.15) is 9.88 Å². The van der Waals surface area contributed by atoms with Crippen LogP contribution in [0.2, 0.25) is 0 Å². The second kappa shape index (κ2) is 7.33. The van der Waals surface area contributed by atoms with Gasteiger partial charge in [0.25, 0.3) is 0 Å². The topological polar surface area (TPSA) is 151 Å². The van der Waals surface area contributed by atoms with E-state index in [1.54, 1.807) is 6.92 Å². The molecule has 0 aromatic carbocycles. The van der Waals surface area contributed by atoms with Crippen molar-refractivity contribution in [3.8, 4) is 0 Å². The molecule has 5 N–H and O–H groups in total. The Kier molecular flexibility index (Phi) is 6.05. The summed E-state index contributed by atoms with van der Waals surface area (Å²) in [6.07, 6.45) is 0.214. The number of primary sulfonamides is 1. The number of carbonyl (C=O) groups excluding carboxylic acids is 1. The second-order valence-corrected chi connectivity index (χ2v) is 6.97. The standard InChI is InChI=1S/C10H16N4O5S2/c1-6-8(9(15)16)20-7(14-6)5-13-10(17)12-3-2-4-21(11,18)19/h2-5H2,1H3,(H,15,16)(H2,11,18,19)(H2,12,13,17). The van der Waals surface area contributed by atoms with Crippen LogP contribution in [-0.2, 0) is 16.6 Å². The minimum absolute atomic E-state index is 0.0970. The molecule has 2 amide bonds. The van der Waals surface area contributed by atoms with E-state index in [-0.39, 0.29) is 30.1 Å². The van der Waals surface area contributed by atoms with Crippen molar-refractivity contribution in [2.45, 2.75) is 19.9 Å². The lowest BCUT2D eigenvalue weighted by atomic mass is 10.4. The Balaban J connectivity index is 2.33. The van der Waals surface area contributed by atoms with Crippen LogP contribution in [0.4, 0.5) is 4.79 Å². The van der Waals surface area contributed by atoms with Gasteiger partial charge in [-0.25, -0.2) is 28.1 Å². The van der Waals surface area contributed by atoms with Crippen molar-refractivity contribution in [3.63, 3.8) is 0 Å². The van der Waals surface area contributed by atoms with E-state index in [1.807, 2.05) is 0 Å². The number of sulfonamides is 1. The van der Waals surface area contributed by atoms with Crippen LogP contribution >= 0.6 is 11.3 Å². The Hall–Kier alpha value is -1.72. The molecule has 0 aliphatic rings. The van der Waals surface area contributed by atoms with E-state index >= 15 is 0 Å². The maximum atomic E-state index is 11.4. The Labute approximate surface area is 125 Å². The fourth-order valence-electron chi connectivity index (χ4n) is 1.42. The molecule has 0 atom stereocenters. The zero-order valence-electron chi connectivity index (χ0n) is 11.2. The van der Waals surface area contributed by atoms with E-state index in [0.29, 0.717) is 10.7 Å². The van der Waals surface area contributed by atoms with E-state index in [1.165, 1.54) is 0 Å². The molecule has 0 fully saturated rings. The first kappa shape index (κ1) is 17.3. The molecule has 0 bridgehead atoms. The van der Waals surface area contributed by atoms with Gasteiger partial charge in [-0.05, 0) is 13.3 Å². The number of aromatic carboxylic acids is 1. The van der Waals surface area contributed by atoms with Gasteiger partial charge in [-0.1, -0.05) is 0 Å². The van der Waals surface area contributed by atoms with Crippen molar-refractivity contribution in [3.05, 3.63) is 15.6 Å². The van der Waals surface area contributed by atoms with E-state index in [2.05, 4.69) is 15.6 Å². The normalized spacial score (nSPS) is 11.1. The fraction of sp³-hybridized carbons (Fsp3) is 0.500. The first-order chi connectivity index (χ1) is 9.69. The highest BCUT2D eigenvalue weighted by Gasteiger charge is 2.14. The highest BCUT2D eigenvalue weighted by molar-refractivity contribution is 7.89. The second-order valence-electron chi connectivity index (χ2n) is 4.16. The summed E-state index contributed by atoms with van der Waals surface area (Å²) in [5.74, 6) is -1.26. The summed E-state index contributed by atoms with van der Waals surface area (Å²) >= 11 is 0.992. The average Bonchev–Trinajstić information content (AvgIpc) is 2.72. The smallest absolute Gasteiger partial charge is 0.347 e. The fourth-order valence-corrected chi connectivity index (χ4v) is 2.81. The number of nitrogens with two attached hydrogens (primary N) is 1. The van der Waals surface area contributed by atoms with E-state index in [9.17, 15) is 18.0 Å². The molecule has 0 saturated heterocycles. The summed E-state index contributed by atoms with van der Waals surface area (Å²) in [5, 5.41) is 19.1. The predicted molar refractivity (Wildman–Crippen MR) is 76.6 cm³/mol. The number of hydrogen-bond acceptors (Lipinski definition) is 6. The Bertz CT molecular complexity index is 625. The number of aromatic nitrogens is 1. The number of thiazole rings is 1. The van der Waals surface area contributed by atoms with Crippen molar-refractivity contribution in [1.29, 1.82) is 0 Å². The molecular formula is C10H16N4O5S2. The van der Waals surface area contributed by atoms with Gasteiger partial charge in [0, 0.05) is 6.54 Å². The average molecular weight is 336 g/mol. The number of carboxylic acids is 1. The summed E-state index contributed by atoms with van der Waals surface area (Å²) in [6, 6.07) is -0.492. The van der Waals surface area contributed by atoms with Crippen LogP contribution in [0.3, 0.4) is 0 Å². The summed E-state index contributed by atoms with van der Waals surface area (Å²) in [5.41, 5.74) is 0.401. The zero-order valence-corrected chi connectivity index (χ0v) is 12.9. The number of aryl methyl sites for hydroxylation is 1. The van der Waals surface area contributed by atoms with Crippen LogP contribution in [0.5, 0.6) is 0 Å². The Morgan fingerprint density at radius 1 is 1.38 bits per heavy atom. The lowest BCUT2D eigenvalue weighted by molar-refractivity contribution is 0.0701. The molecule has 1 aromatic rings. The van der Waals surface area contributed by atoms with Crippen molar-refractivity contribution in [1.82, 2.24) is 15.6 Å². The van der Waals surface area contributed by atoms with Crippen LogP contribution in [0, 0.1) is 6.92 Å². The highest BCUT2D eigenvalue weighted by Crippen LogP contribution is 2.17. The number of urea groups is 1. The summed E-state index contributed by atoms with van der Waals surface area (Å²) in [6.45, 7) is 1.84. The molecule has 21 heavy (non-hydrogen) atoms. The number of nitrogens with one attached hydrogen (secondary N) is 2. The molecule has 1 aromatic heterocycles. The number of nitrogens with zero attached hydrogens (tertiary/aromatic N) is 1. The van der Waals surface area contributed by atoms with Crippen LogP contribution in [-0.4, -0.2) is 42.8 Å². The SMILES string of the molecule is Cc1nc(CNC(=O)NCCCS(N)(=O)=O)sc1C(=O)O. The van der Waals surface area contributed by atoms with Gasteiger partial charge in [-0.15, -0.1) is 11.3 Å². The van der Waals surface area contributed by atoms with Gasteiger partial charge in [0.05, 0.1) is 18.0 Å². The molecule has 0 unspecified atom stereocenters. The van der Waals surface area contributed by atoms with Crippen molar-refractivity contribution >= 4 is 33.4 Å². The van der Waals surface area contributed by atoms with Gasteiger partial charge in [-0.2, -0.15) is 0 Å². The summed E-state index contributed by atoms with van der Waals surface area (Å²) in [7, 11) is -3.52. The van der Waals surface area contributed by atoms with Crippen molar-refractivity contribution < 1.29 is 23.1 Å². The molecule has 0 saturated carbocycles. The first-order valence-electron chi connectivity index (χ1n) is 5.91. The molecule has 11 heteroatoms.